The second-order valence-electron chi connectivity index (χ2n) is 7.47. The van der Waals surface area contributed by atoms with E-state index in [1.807, 2.05) is 82.6 Å². The first-order valence-corrected chi connectivity index (χ1v) is 12.8. The minimum Gasteiger partial charge on any atom is -0.295 e. The van der Waals surface area contributed by atoms with Crippen LogP contribution in [-0.4, -0.2) is 23.3 Å². The molecule has 5 rings (SSSR count). The molecule has 3 aromatic rings. The summed E-state index contributed by atoms with van der Waals surface area (Å²) in [5.74, 6) is 0.980. The number of carbonyl (C=O) groups excluding carboxylic acids is 2. The molecule has 2 heterocycles. The van der Waals surface area contributed by atoms with E-state index >= 15 is 0 Å². The highest BCUT2D eigenvalue weighted by Gasteiger charge is 2.36. The molecule has 2 amide bonds. The van der Waals surface area contributed by atoms with Gasteiger partial charge < -0.3 is 0 Å². The van der Waals surface area contributed by atoms with Crippen LogP contribution in [0.3, 0.4) is 0 Å². The van der Waals surface area contributed by atoms with Gasteiger partial charge in [-0.2, -0.15) is 0 Å². The van der Waals surface area contributed by atoms with Gasteiger partial charge in [0.25, 0.3) is 0 Å². The molecule has 4 nitrogen and oxygen atoms in total. The van der Waals surface area contributed by atoms with Gasteiger partial charge >= 0.3 is 0 Å². The Morgan fingerprint density at radius 2 is 0.938 bits per heavy atom. The Kier molecular flexibility index (Phi) is 6.12. The fourth-order valence-corrected chi connectivity index (χ4v) is 6.54. The molecule has 2 fully saturated rings. The Labute approximate surface area is 204 Å². The molecule has 8 heteroatoms. The number of hydrogen-bond donors (Lipinski definition) is 0. The van der Waals surface area contributed by atoms with Crippen LogP contribution in [0.25, 0.3) is 0 Å². The number of hydrogen-bond acceptors (Lipinski definition) is 4. The number of halogens is 2. The van der Waals surface area contributed by atoms with E-state index in [1.165, 1.54) is 0 Å². The zero-order chi connectivity index (χ0) is 22.2. The van der Waals surface area contributed by atoms with Crippen molar-refractivity contribution in [1.29, 1.82) is 0 Å². The van der Waals surface area contributed by atoms with Crippen molar-refractivity contribution in [3.8, 4) is 0 Å². The maximum atomic E-state index is 12.7. The van der Waals surface area contributed by atoms with E-state index in [4.69, 9.17) is 23.2 Å². The number of amides is 2. The van der Waals surface area contributed by atoms with Crippen molar-refractivity contribution in [2.24, 2.45) is 0 Å². The zero-order valence-corrected chi connectivity index (χ0v) is 19.9. The van der Waals surface area contributed by atoms with E-state index in [0.717, 1.165) is 22.5 Å². The summed E-state index contributed by atoms with van der Waals surface area (Å²) in [5.41, 5.74) is 3.68. The number of anilines is 2. The van der Waals surface area contributed by atoms with E-state index in [0.29, 0.717) is 21.6 Å². The quantitative estimate of drug-likeness (QED) is 0.407. The average Bonchev–Trinajstić information content (AvgIpc) is 3.38. The van der Waals surface area contributed by atoms with E-state index in [-0.39, 0.29) is 22.6 Å². The predicted molar refractivity (Wildman–Crippen MR) is 135 cm³/mol. The lowest BCUT2D eigenvalue weighted by Gasteiger charge is -2.27. The van der Waals surface area contributed by atoms with Crippen molar-refractivity contribution in [3.63, 3.8) is 0 Å². The molecule has 3 aromatic carbocycles. The molecule has 2 aliphatic rings. The molecule has 2 saturated heterocycles. The van der Waals surface area contributed by atoms with Crippen LogP contribution in [0.1, 0.15) is 21.9 Å². The second kappa shape index (κ2) is 9.02. The largest absolute Gasteiger partial charge is 0.295 e. The Balaban J connectivity index is 1.42. The highest BCUT2D eigenvalue weighted by Crippen LogP contribution is 2.45. The normalized spacial score (nSPS) is 20.9. The summed E-state index contributed by atoms with van der Waals surface area (Å²) in [6, 6.07) is 22.8. The van der Waals surface area contributed by atoms with Crippen LogP contribution < -0.4 is 9.80 Å². The summed E-state index contributed by atoms with van der Waals surface area (Å²) in [6.45, 7) is 0. The first kappa shape index (κ1) is 21.7. The lowest BCUT2D eigenvalue weighted by molar-refractivity contribution is -0.116. The number of rotatable bonds is 4. The van der Waals surface area contributed by atoms with Gasteiger partial charge in [0.2, 0.25) is 11.8 Å². The fraction of sp³-hybridized carbons (Fsp3) is 0.167. The van der Waals surface area contributed by atoms with Gasteiger partial charge in [0.15, 0.2) is 0 Å². The van der Waals surface area contributed by atoms with Gasteiger partial charge in [0, 0.05) is 21.4 Å². The highest BCUT2D eigenvalue weighted by molar-refractivity contribution is 8.01. The highest BCUT2D eigenvalue weighted by atomic mass is 35.5. The second-order valence-corrected chi connectivity index (χ2v) is 10.5. The molecule has 0 aromatic heterocycles. The molecule has 0 aliphatic carbocycles. The summed E-state index contributed by atoms with van der Waals surface area (Å²) < 4.78 is 0. The number of thioether (sulfide) groups is 2. The van der Waals surface area contributed by atoms with Crippen molar-refractivity contribution in [2.75, 3.05) is 21.3 Å². The third-order valence-electron chi connectivity index (χ3n) is 5.45. The zero-order valence-electron chi connectivity index (χ0n) is 16.8. The van der Waals surface area contributed by atoms with Gasteiger partial charge in [-0.1, -0.05) is 47.5 Å². The van der Waals surface area contributed by atoms with Gasteiger partial charge in [0.1, 0.15) is 10.7 Å². The topological polar surface area (TPSA) is 40.6 Å². The van der Waals surface area contributed by atoms with Gasteiger partial charge in [-0.3, -0.25) is 19.4 Å². The Hall–Kier alpha value is -2.12. The smallest absolute Gasteiger partial charge is 0.238 e. The molecular weight excluding hydrogens is 483 g/mol. The molecule has 32 heavy (non-hydrogen) atoms. The van der Waals surface area contributed by atoms with Crippen molar-refractivity contribution in [3.05, 3.63) is 94.0 Å². The summed E-state index contributed by atoms with van der Waals surface area (Å²) in [6.07, 6.45) is 0. The fourth-order valence-electron chi connectivity index (χ4n) is 3.93. The summed E-state index contributed by atoms with van der Waals surface area (Å²) >= 11 is 15.2. The number of carbonyl (C=O) groups is 2. The molecule has 2 atom stereocenters. The van der Waals surface area contributed by atoms with E-state index < -0.39 is 0 Å². The van der Waals surface area contributed by atoms with Crippen LogP contribution in [0.2, 0.25) is 10.0 Å². The maximum absolute atomic E-state index is 12.7. The third-order valence-corrected chi connectivity index (χ3v) is 8.38. The van der Waals surface area contributed by atoms with E-state index in [9.17, 15) is 9.59 Å². The summed E-state index contributed by atoms with van der Waals surface area (Å²) in [4.78, 5) is 29.0. The first-order chi connectivity index (χ1) is 15.5. The van der Waals surface area contributed by atoms with Crippen LogP contribution in [0, 0.1) is 0 Å². The van der Waals surface area contributed by atoms with Crippen molar-refractivity contribution < 1.29 is 9.59 Å². The Morgan fingerprint density at radius 1 is 0.594 bits per heavy atom. The van der Waals surface area contributed by atoms with Crippen molar-refractivity contribution in [1.82, 2.24) is 0 Å². The SMILES string of the molecule is O=C1CSC(c2ccc(Cl)cc2)N1c1ccc(N2C(=O)CSC2c2ccc(Cl)cc2)cc1. The molecule has 0 spiro atoms. The molecule has 162 valence electrons. The minimum atomic E-state index is -0.101. The molecule has 2 unspecified atom stereocenters. The van der Waals surface area contributed by atoms with Gasteiger partial charge in [0.05, 0.1) is 11.5 Å². The third kappa shape index (κ3) is 4.13. The van der Waals surface area contributed by atoms with Gasteiger partial charge in [-0.25, -0.2) is 0 Å². The van der Waals surface area contributed by atoms with Crippen LogP contribution in [0.4, 0.5) is 11.4 Å². The molecule has 0 N–H and O–H groups in total. The molecule has 0 radical (unpaired) electrons. The van der Waals surface area contributed by atoms with Crippen molar-refractivity contribution >= 4 is 69.9 Å². The Bertz CT molecular complexity index is 1060. The number of benzene rings is 3. The molecule has 0 bridgehead atoms. The molecule has 0 saturated carbocycles. The van der Waals surface area contributed by atoms with Crippen LogP contribution in [0.15, 0.2) is 72.8 Å². The number of nitrogens with zero attached hydrogens (tertiary/aromatic N) is 2. The summed E-state index contributed by atoms with van der Waals surface area (Å²) in [5, 5.41) is 1.14. The molecule has 2 aliphatic heterocycles. The van der Waals surface area contributed by atoms with Crippen LogP contribution in [0.5, 0.6) is 0 Å². The van der Waals surface area contributed by atoms with Gasteiger partial charge in [-0.05, 0) is 59.7 Å². The summed E-state index contributed by atoms with van der Waals surface area (Å²) in [7, 11) is 0. The van der Waals surface area contributed by atoms with E-state index in [2.05, 4.69) is 0 Å². The minimum absolute atomic E-state index is 0.0644. The molecular formula is C24H18Cl2N2O2S2. The predicted octanol–water partition coefficient (Wildman–Crippen LogP) is 6.55. The Morgan fingerprint density at radius 3 is 1.28 bits per heavy atom. The standard InChI is InChI=1S/C24H18Cl2N2O2S2/c25-17-5-1-15(2-6-17)23-27(21(29)13-31-23)19-9-11-20(12-10-19)28-22(30)14-32-24(28)16-3-7-18(26)8-4-16/h1-12,23-24H,13-14H2. The average molecular weight is 501 g/mol. The maximum Gasteiger partial charge on any atom is 0.238 e. The van der Waals surface area contributed by atoms with Crippen molar-refractivity contribution in [2.45, 2.75) is 10.7 Å². The monoisotopic (exact) mass is 500 g/mol. The lowest BCUT2D eigenvalue weighted by atomic mass is 10.1. The van der Waals surface area contributed by atoms with Gasteiger partial charge in [-0.15, -0.1) is 23.5 Å². The first-order valence-electron chi connectivity index (χ1n) is 9.99. The van der Waals surface area contributed by atoms with Crippen LogP contribution >= 0.6 is 46.7 Å². The van der Waals surface area contributed by atoms with E-state index in [1.54, 1.807) is 23.5 Å². The lowest BCUT2D eigenvalue weighted by Crippen LogP contribution is -2.29. The van der Waals surface area contributed by atoms with Crippen LogP contribution in [-0.2, 0) is 9.59 Å².